The summed E-state index contributed by atoms with van der Waals surface area (Å²) in [5.41, 5.74) is -0.202. The first kappa shape index (κ1) is 14.7. The Hall–Kier alpha value is -2.74. The Morgan fingerprint density at radius 2 is 1.62 bits per heavy atom. The molecule has 21 heavy (non-hydrogen) atoms. The monoisotopic (exact) mass is 304 g/mol. The van der Waals surface area contributed by atoms with Crippen LogP contribution in [0.2, 0.25) is 0 Å². The minimum atomic E-state index is -0.720. The second-order valence-electron chi connectivity index (χ2n) is 4.07. The van der Waals surface area contributed by atoms with Gasteiger partial charge in [-0.15, -0.1) is 12.6 Å². The van der Waals surface area contributed by atoms with Gasteiger partial charge in [0.2, 0.25) is 5.12 Å². The lowest BCUT2D eigenvalue weighted by Gasteiger charge is -2.07. The molecule has 2 rings (SSSR count). The molecule has 0 radical (unpaired) electrons. The maximum Gasteiger partial charge on any atom is 0.284 e. The molecular weight excluding hydrogens is 296 g/mol. The van der Waals surface area contributed by atoms with E-state index in [4.69, 9.17) is 0 Å². The second kappa shape index (κ2) is 5.71. The number of benzene rings is 2. The molecule has 0 N–H and O–H groups in total. The van der Waals surface area contributed by atoms with Crippen molar-refractivity contribution < 1.29 is 14.6 Å². The standard InChI is InChI=1S/C13H8N2O5S/c16-13(21)11-4-2-1-3-9(11)10-6-5-8(14(17)18)7-12(10)15(19)20/h1-7H,(H,16,21). The molecule has 0 aliphatic rings. The van der Waals surface area contributed by atoms with Crippen molar-refractivity contribution in [2.75, 3.05) is 0 Å². The van der Waals surface area contributed by atoms with Gasteiger partial charge in [-0.3, -0.25) is 25.0 Å². The molecule has 0 atom stereocenters. The summed E-state index contributed by atoms with van der Waals surface area (Å²) in [6.45, 7) is 0. The fourth-order valence-corrected chi connectivity index (χ4v) is 2.11. The molecule has 0 spiro atoms. The van der Waals surface area contributed by atoms with E-state index in [1.165, 1.54) is 18.2 Å². The number of rotatable bonds is 4. The zero-order valence-corrected chi connectivity index (χ0v) is 11.3. The van der Waals surface area contributed by atoms with Crippen LogP contribution in [0, 0.1) is 20.2 Å². The van der Waals surface area contributed by atoms with Gasteiger partial charge >= 0.3 is 0 Å². The second-order valence-corrected chi connectivity index (χ2v) is 4.47. The molecule has 2 aromatic carbocycles. The van der Waals surface area contributed by atoms with Gasteiger partial charge in [-0.2, -0.15) is 0 Å². The number of nitro groups is 2. The highest BCUT2D eigenvalue weighted by Gasteiger charge is 2.22. The van der Waals surface area contributed by atoms with Crippen LogP contribution in [0.15, 0.2) is 42.5 Å². The number of nitrogens with zero attached hydrogens (tertiary/aromatic N) is 2. The van der Waals surface area contributed by atoms with Crippen LogP contribution in [0.3, 0.4) is 0 Å². The van der Waals surface area contributed by atoms with Crippen molar-refractivity contribution >= 4 is 29.1 Å². The predicted octanol–water partition coefficient (Wildman–Crippen LogP) is 3.24. The van der Waals surface area contributed by atoms with Gasteiger partial charge in [0.25, 0.3) is 11.4 Å². The van der Waals surface area contributed by atoms with E-state index in [-0.39, 0.29) is 16.8 Å². The molecule has 0 heterocycles. The quantitative estimate of drug-likeness (QED) is 0.530. The third-order valence-corrected chi connectivity index (χ3v) is 3.08. The number of thiol groups is 1. The van der Waals surface area contributed by atoms with Gasteiger partial charge in [0.1, 0.15) is 0 Å². The van der Waals surface area contributed by atoms with Crippen LogP contribution in [-0.2, 0) is 0 Å². The number of hydrogen-bond donors (Lipinski definition) is 1. The van der Waals surface area contributed by atoms with E-state index in [1.54, 1.807) is 12.1 Å². The molecule has 0 saturated heterocycles. The van der Waals surface area contributed by atoms with Crippen LogP contribution in [-0.4, -0.2) is 15.0 Å². The maximum atomic E-state index is 11.5. The third-order valence-electron chi connectivity index (χ3n) is 2.84. The van der Waals surface area contributed by atoms with Crippen LogP contribution in [0.25, 0.3) is 11.1 Å². The van der Waals surface area contributed by atoms with E-state index in [0.29, 0.717) is 5.56 Å². The Kier molecular flexibility index (Phi) is 3.99. The van der Waals surface area contributed by atoms with Gasteiger partial charge in [-0.25, -0.2) is 0 Å². The topological polar surface area (TPSA) is 103 Å². The van der Waals surface area contributed by atoms with E-state index in [9.17, 15) is 25.0 Å². The Morgan fingerprint density at radius 3 is 2.19 bits per heavy atom. The first-order valence-corrected chi connectivity index (χ1v) is 6.12. The molecule has 0 unspecified atom stereocenters. The lowest BCUT2D eigenvalue weighted by Crippen LogP contribution is -1.98. The molecule has 0 aliphatic carbocycles. The zero-order valence-electron chi connectivity index (χ0n) is 10.4. The molecule has 106 valence electrons. The van der Waals surface area contributed by atoms with Gasteiger partial charge in [-0.1, -0.05) is 18.2 Å². The van der Waals surface area contributed by atoms with Crippen molar-refractivity contribution in [1.82, 2.24) is 0 Å². The Balaban J connectivity index is 2.72. The van der Waals surface area contributed by atoms with Crippen LogP contribution in [0.4, 0.5) is 11.4 Å². The van der Waals surface area contributed by atoms with Gasteiger partial charge in [0.15, 0.2) is 0 Å². The summed E-state index contributed by atoms with van der Waals surface area (Å²) < 4.78 is 0. The lowest BCUT2D eigenvalue weighted by atomic mass is 9.98. The smallest absolute Gasteiger partial charge is 0.282 e. The number of nitro benzene ring substituents is 2. The number of hydrogen-bond acceptors (Lipinski definition) is 5. The molecule has 0 aromatic heterocycles. The van der Waals surface area contributed by atoms with E-state index < -0.39 is 20.6 Å². The molecule has 7 nitrogen and oxygen atoms in total. The summed E-state index contributed by atoms with van der Waals surface area (Å²) >= 11 is 3.73. The molecule has 0 bridgehead atoms. The molecule has 0 saturated carbocycles. The van der Waals surface area contributed by atoms with Crippen LogP contribution >= 0.6 is 12.6 Å². The lowest BCUT2D eigenvalue weighted by molar-refractivity contribution is -0.393. The summed E-state index contributed by atoms with van der Waals surface area (Å²) in [5, 5.41) is 21.3. The first-order valence-electron chi connectivity index (χ1n) is 5.67. The van der Waals surface area contributed by atoms with Crippen LogP contribution in [0.5, 0.6) is 0 Å². The Morgan fingerprint density at radius 1 is 0.952 bits per heavy atom. The summed E-state index contributed by atoms with van der Waals surface area (Å²) in [6, 6.07) is 9.50. The van der Waals surface area contributed by atoms with Gasteiger partial charge in [0, 0.05) is 17.2 Å². The highest BCUT2D eigenvalue weighted by molar-refractivity contribution is 7.97. The largest absolute Gasteiger partial charge is 0.284 e. The van der Waals surface area contributed by atoms with Gasteiger partial charge in [0.05, 0.1) is 21.5 Å². The molecule has 8 heteroatoms. The highest BCUT2D eigenvalue weighted by atomic mass is 32.1. The highest BCUT2D eigenvalue weighted by Crippen LogP contribution is 2.35. The summed E-state index contributed by atoms with van der Waals surface area (Å²) in [4.78, 5) is 31.9. The fourth-order valence-electron chi connectivity index (χ4n) is 1.92. The number of carbonyl (C=O) groups excluding carboxylic acids is 1. The minimum absolute atomic E-state index is 0.128. The number of non-ortho nitro benzene ring substituents is 1. The zero-order chi connectivity index (χ0) is 15.6. The number of carbonyl (C=O) groups is 1. The van der Waals surface area contributed by atoms with E-state index >= 15 is 0 Å². The summed E-state index contributed by atoms with van der Waals surface area (Å²) in [6.07, 6.45) is 0. The molecule has 0 fully saturated rings. The van der Waals surface area contributed by atoms with Crippen molar-refractivity contribution in [2.24, 2.45) is 0 Å². The first-order chi connectivity index (χ1) is 9.91. The van der Waals surface area contributed by atoms with Crippen LogP contribution in [0.1, 0.15) is 10.4 Å². The summed E-state index contributed by atoms with van der Waals surface area (Å²) in [7, 11) is 0. The Bertz CT molecular complexity index is 760. The van der Waals surface area contributed by atoms with Crippen molar-refractivity contribution in [3.05, 3.63) is 68.3 Å². The van der Waals surface area contributed by atoms with E-state index in [1.807, 2.05) is 0 Å². The Labute approximate surface area is 123 Å². The van der Waals surface area contributed by atoms with E-state index in [2.05, 4.69) is 12.6 Å². The maximum absolute atomic E-state index is 11.5. The summed E-state index contributed by atoms with van der Waals surface area (Å²) in [5.74, 6) is 0. The normalized spacial score (nSPS) is 10.1. The minimum Gasteiger partial charge on any atom is -0.282 e. The third kappa shape index (κ3) is 2.90. The van der Waals surface area contributed by atoms with Crippen LogP contribution < -0.4 is 0 Å². The predicted molar refractivity (Wildman–Crippen MR) is 78.5 cm³/mol. The van der Waals surface area contributed by atoms with Crippen molar-refractivity contribution in [3.8, 4) is 11.1 Å². The SMILES string of the molecule is O=C(S)c1ccccc1-c1ccc([N+](=O)[O-])cc1[N+](=O)[O-]. The molecule has 0 aliphatic heterocycles. The average molecular weight is 304 g/mol. The van der Waals surface area contributed by atoms with Gasteiger partial charge in [-0.05, 0) is 12.1 Å². The molecular formula is C13H8N2O5S. The van der Waals surface area contributed by atoms with Gasteiger partial charge < -0.3 is 0 Å². The molecule has 0 amide bonds. The van der Waals surface area contributed by atoms with Crippen molar-refractivity contribution in [3.63, 3.8) is 0 Å². The van der Waals surface area contributed by atoms with E-state index in [0.717, 1.165) is 12.1 Å². The van der Waals surface area contributed by atoms with Crippen molar-refractivity contribution in [2.45, 2.75) is 0 Å². The van der Waals surface area contributed by atoms with Crippen molar-refractivity contribution in [1.29, 1.82) is 0 Å². The fraction of sp³-hybridized carbons (Fsp3) is 0. The average Bonchev–Trinajstić information content (AvgIpc) is 2.46. The molecule has 2 aromatic rings.